The number of ether oxygens (including phenoxy) is 1. The van der Waals surface area contributed by atoms with E-state index in [-0.39, 0.29) is 5.41 Å². The Kier molecular flexibility index (Phi) is 4.96. The second-order valence-electron chi connectivity index (χ2n) is 9.86. The number of likely N-dealkylation sites (tertiary alicyclic amines) is 1. The number of aryl methyl sites for hydroxylation is 1. The lowest BCUT2D eigenvalue weighted by atomic mass is 9.79. The monoisotopic (exact) mass is 398 g/mol. The molecule has 1 N–H and O–H groups in total. The van der Waals surface area contributed by atoms with Crippen LogP contribution >= 0.6 is 0 Å². The molecule has 0 aliphatic carbocycles. The first-order valence-corrected chi connectivity index (χ1v) is 11.7. The summed E-state index contributed by atoms with van der Waals surface area (Å²) in [6, 6.07) is 8.33. The van der Waals surface area contributed by atoms with Crippen molar-refractivity contribution in [3.8, 4) is 0 Å². The first-order valence-electron chi connectivity index (χ1n) is 11.7. The van der Waals surface area contributed by atoms with E-state index < -0.39 is 0 Å². The van der Waals surface area contributed by atoms with Crippen LogP contribution in [0.15, 0.2) is 18.2 Å². The van der Waals surface area contributed by atoms with Gasteiger partial charge in [-0.05, 0) is 44.7 Å². The summed E-state index contributed by atoms with van der Waals surface area (Å²) in [5.74, 6) is 0.329. The zero-order valence-corrected chi connectivity index (χ0v) is 18.1. The standard InChI is InChI=1S/C24H36N3O2/c1-18-16-20(27(13-3-4-19(27)2)21-7-11-25-17-21)5-6-22(18)26-12-8-24(23(26)28)9-14-29-15-10-24/h5-6,16,19,21,25H,3-4,7-15,17H2,1-2H3/q+1/t19-,21+,27?/m1/s1. The number of anilines is 1. The van der Waals surface area contributed by atoms with Gasteiger partial charge in [-0.3, -0.25) is 9.28 Å². The van der Waals surface area contributed by atoms with Crippen LogP contribution in [0.25, 0.3) is 0 Å². The van der Waals surface area contributed by atoms with Gasteiger partial charge in [0.1, 0.15) is 11.7 Å². The number of carbonyl (C=O) groups excluding carboxylic acids is 1. The number of rotatable bonds is 3. The van der Waals surface area contributed by atoms with Gasteiger partial charge >= 0.3 is 0 Å². The Morgan fingerprint density at radius 1 is 1.21 bits per heavy atom. The minimum Gasteiger partial charge on any atom is -0.381 e. The minimum atomic E-state index is -0.171. The highest BCUT2D eigenvalue weighted by atomic mass is 16.5. The molecule has 158 valence electrons. The molecular formula is C24H36N3O2+. The molecule has 4 heterocycles. The lowest BCUT2D eigenvalue weighted by Gasteiger charge is -2.43. The Morgan fingerprint density at radius 2 is 2.03 bits per heavy atom. The molecule has 0 aromatic heterocycles. The normalized spacial score (nSPS) is 34.4. The van der Waals surface area contributed by atoms with Crippen LogP contribution in [0.1, 0.15) is 51.0 Å². The van der Waals surface area contributed by atoms with E-state index >= 15 is 0 Å². The summed E-state index contributed by atoms with van der Waals surface area (Å²) < 4.78 is 6.66. The van der Waals surface area contributed by atoms with Crippen LogP contribution in [-0.4, -0.2) is 57.4 Å². The van der Waals surface area contributed by atoms with Crippen molar-refractivity contribution in [3.63, 3.8) is 0 Å². The van der Waals surface area contributed by atoms with Gasteiger partial charge in [-0.25, -0.2) is 0 Å². The second kappa shape index (κ2) is 7.36. The molecule has 3 atom stereocenters. The molecule has 1 amide bonds. The summed E-state index contributed by atoms with van der Waals surface area (Å²) >= 11 is 0. The average Bonchev–Trinajstić information content (AvgIpc) is 3.45. The fourth-order valence-corrected chi connectivity index (χ4v) is 6.75. The number of hydrogen-bond acceptors (Lipinski definition) is 3. The SMILES string of the molecule is Cc1cc([N+]2([C@H]3CCNC3)CCC[C@H]2C)ccc1N1CCC2(CCOCC2)C1=O. The molecule has 0 bridgehead atoms. The van der Waals surface area contributed by atoms with Crippen LogP contribution < -0.4 is 14.7 Å². The maximum Gasteiger partial charge on any atom is 0.233 e. The quantitative estimate of drug-likeness (QED) is 0.794. The lowest BCUT2D eigenvalue weighted by Crippen LogP contribution is -2.59. The summed E-state index contributed by atoms with van der Waals surface area (Å²) in [5.41, 5.74) is 3.66. The highest BCUT2D eigenvalue weighted by Crippen LogP contribution is 2.45. The number of nitrogens with zero attached hydrogens (tertiary/aromatic N) is 2. The van der Waals surface area contributed by atoms with Crippen molar-refractivity contribution in [2.45, 2.75) is 64.5 Å². The lowest BCUT2D eigenvalue weighted by molar-refractivity contribution is -0.130. The Hall–Kier alpha value is -1.43. The molecular weight excluding hydrogens is 362 g/mol. The van der Waals surface area contributed by atoms with Gasteiger partial charge in [0.2, 0.25) is 5.91 Å². The van der Waals surface area contributed by atoms with E-state index in [4.69, 9.17) is 4.74 Å². The Bertz CT molecular complexity index is 782. The predicted molar refractivity (Wildman–Crippen MR) is 117 cm³/mol. The van der Waals surface area contributed by atoms with E-state index in [2.05, 4.69) is 42.3 Å². The number of quaternary nitrogens is 1. The summed E-state index contributed by atoms with van der Waals surface area (Å²) in [7, 11) is 0. The van der Waals surface area contributed by atoms with Gasteiger partial charge in [0, 0.05) is 69.9 Å². The topological polar surface area (TPSA) is 41.6 Å². The van der Waals surface area contributed by atoms with Gasteiger partial charge in [0.25, 0.3) is 0 Å². The minimum absolute atomic E-state index is 0.171. The molecule has 4 aliphatic heterocycles. The van der Waals surface area contributed by atoms with Crippen LogP contribution in [-0.2, 0) is 9.53 Å². The molecule has 0 radical (unpaired) electrons. The molecule has 5 heteroatoms. The molecule has 1 unspecified atom stereocenters. The fourth-order valence-electron chi connectivity index (χ4n) is 6.75. The molecule has 0 saturated carbocycles. The molecule has 29 heavy (non-hydrogen) atoms. The first kappa shape index (κ1) is 19.5. The van der Waals surface area contributed by atoms with Crippen LogP contribution in [0.3, 0.4) is 0 Å². The van der Waals surface area contributed by atoms with Crippen LogP contribution in [0, 0.1) is 12.3 Å². The zero-order chi connectivity index (χ0) is 20.1. The summed E-state index contributed by atoms with van der Waals surface area (Å²) in [6.45, 7) is 10.5. The van der Waals surface area contributed by atoms with Gasteiger partial charge in [-0.2, -0.15) is 0 Å². The van der Waals surface area contributed by atoms with Crippen molar-refractivity contribution in [3.05, 3.63) is 23.8 Å². The first-order chi connectivity index (χ1) is 14.1. The fraction of sp³-hybridized carbons (Fsp3) is 0.708. The van der Waals surface area contributed by atoms with E-state index in [1.54, 1.807) is 0 Å². The van der Waals surface area contributed by atoms with Crippen LogP contribution in [0.2, 0.25) is 0 Å². The highest BCUT2D eigenvalue weighted by Gasteiger charge is 2.50. The molecule has 5 rings (SSSR count). The Balaban J connectivity index is 1.45. The van der Waals surface area contributed by atoms with Crippen LogP contribution in [0.4, 0.5) is 11.4 Å². The number of nitrogens with one attached hydrogen (secondary N) is 1. The number of amides is 1. The number of carbonyl (C=O) groups is 1. The van der Waals surface area contributed by atoms with Crippen molar-refractivity contribution in [2.24, 2.45) is 5.41 Å². The van der Waals surface area contributed by atoms with E-state index in [0.717, 1.165) is 62.3 Å². The Morgan fingerprint density at radius 3 is 2.69 bits per heavy atom. The summed E-state index contributed by atoms with van der Waals surface area (Å²) in [4.78, 5) is 15.4. The van der Waals surface area contributed by atoms with Gasteiger partial charge < -0.3 is 15.0 Å². The molecule has 4 fully saturated rings. The molecule has 4 aliphatic rings. The third-order valence-corrected chi connectivity index (χ3v) is 8.54. The summed E-state index contributed by atoms with van der Waals surface area (Å²) in [6.07, 6.45) is 6.62. The number of hydrogen-bond donors (Lipinski definition) is 1. The number of benzene rings is 1. The maximum atomic E-state index is 13.4. The van der Waals surface area contributed by atoms with Gasteiger partial charge in [0.15, 0.2) is 0 Å². The smallest absolute Gasteiger partial charge is 0.233 e. The van der Waals surface area contributed by atoms with E-state index in [1.165, 1.54) is 37.1 Å². The predicted octanol–water partition coefficient (Wildman–Crippen LogP) is 3.38. The summed E-state index contributed by atoms with van der Waals surface area (Å²) in [5, 5.41) is 3.60. The van der Waals surface area contributed by atoms with Crippen molar-refractivity contribution in [1.29, 1.82) is 0 Å². The van der Waals surface area contributed by atoms with Crippen molar-refractivity contribution >= 4 is 17.3 Å². The van der Waals surface area contributed by atoms with Crippen LogP contribution in [0.5, 0.6) is 0 Å². The van der Waals surface area contributed by atoms with Gasteiger partial charge in [0.05, 0.1) is 18.0 Å². The van der Waals surface area contributed by atoms with E-state index in [0.29, 0.717) is 18.0 Å². The molecule has 1 aromatic rings. The highest BCUT2D eigenvalue weighted by molar-refractivity contribution is 6.00. The molecule has 4 saturated heterocycles. The molecule has 5 nitrogen and oxygen atoms in total. The maximum absolute atomic E-state index is 13.4. The Labute approximate surface area is 175 Å². The van der Waals surface area contributed by atoms with E-state index in [1.807, 2.05) is 0 Å². The third kappa shape index (κ3) is 2.96. The second-order valence-corrected chi connectivity index (χ2v) is 9.86. The van der Waals surface area contributed by atoms with Gasteiger partial charge in [-0.1, -0.05) is 0 Å². The zero-order valence-electron chi connectivity index (χ0n) is 18.1. The van der Waals surface area contributed by atoms with Gasteiger partial charge in [-0.15, -0.1) is 0 Å². The van der Waals surface area contributed by atoms with Crippen molar-refractivity contribution in [2.75, 3.05) is 44.3 Å². The molecule has 1 spiro atoms. The molecule has 1 aromatic carbocycles. The van der Waals surface area contributed by atoms with Crippen molar-refractivity contribution < 1.29 is 9.53 Å². The van der Waals surface area contributed by atoms with E-state index in [9.17, 15) is 4.79 Å². The largest absolute Gasteiger partial charge is 0.381 e. The average molecular weight is 399 g/mol. The van der Waals surface area contributed by atoms with Crippen molar-refractivity contribution in [1.82, 2.24) is 9.80 Å². The third-order valence-electron chi connectivity index (χ3n) is 8.54.